The van der Waals surface area contributed by atoms with Crippen molar-refractivity contribution in [2.45, 2.75) is 27.3 Å². The summed E-state index contributed by atoms with van der Waals surface area (Å²) in [5.74, 6) is 0. The SMILES string of the molecule is CC=C(C)NCc1cc(Cl)ccc1C. The van der Waals surface area contributed by atoms with Crippen LogP contribution in [-0.2, 0) is 6.54 Å². The Morgan fingerprint density at radius 2 is 2.21 bits per heavy atom. The average molecular weight is 210 g/mol. The summed E-state index contributed by atoms with van der Waals surface area (Å²) in [5.41, 5.74) is 3.70. The lowest BCUT2D eigenvalue weighted by atomic mass is 10.1. The fraction of sp³-hybridized carbons (Fsp3) is 0.333. The summed E-state index contributed by atoms with van der Waals surface area (Å²) in [6, 6.07) is 5.97. The van der Waals surface area contributed by atoms with E-state index in [2.05, 4.69) is 25.2 Å². The first-order valence-electron chi connectivity index (χ1n) is 4.75. The van der Waals surface area contributed by atoms with Gasteiger partial charge in [0.05, 0.1) is 0 Å². The van der Waals surface area contributed by atoms with Gasteiger partial charge in [0.15, 0.2) is 0 Å². The van der Waals surface area contributed by atoms with Gasteiger partial charge in [-0.2, -0.15) is 0 Å². The van der Waals surface area contributed by atoms with Gasteiger partial charge in [0, 0.05) is 17.3 Å². The Hall–Kier alpha value is -0.950. The minimum absolute atomic E-state index is 0.797. The van der Waals surface area contributed by atoms with Crippen LogP contribution in [-0.4, -0.2) is 0 Å². The lowest BCUT2D eigenvalue weighted by Crippen LogP contribution is -2.11. The molecule has 0 aromatic heterocycles. The van der Waals surface area contributed by atoms with Crippen LogP contribution in [0.5, 0.6) is 0 Å². The van der Waals surface area contributed by atoms with Crippen molar-refractivity contribution in [3.8, 4) is 0 Å². The molecule has 1 aromatic rings. The Kier molecular flexibility index (Phi) is 4.02. The molecule has 0 aliphatic heterocycles. The topological polar surface area (TPSA) is 12.0 Å². The second-order valence-corrected chi connectivity index (χ2v) is 3.83. The molecule has 0 fully saturated rings. The Bertz CT molecular complexity index is 342. The number of rotatable bonds is 3. The molecule has 0 bridgehead atoms. The summed E-state index contributed by atoms with van der Waals surface area (Å²) >= 11 is 5.92. The van der Waals surface area contributed by atoms with Crippen LogP contribution in [0.1, 0.15) is 25.0 Å². The fourth-order valence-electron chi connectivity index (χ4n) is 1.17. The van der Waals surface area contributed by atoms with Gasteiger partial charge in [0.2, 0.25) is 0 Å². The number of hydrogen-bond donors (Lipinski definition) is 1. The lowest BCUT2D eigenvalue weighted by Gasteiger charge is -2.09. The van der Waals surface area contributed by atoms with Crippen LogP contribution in [0.25, 0.3) is 0 Å². The summed E-state index contributed by atoms with van der Waals surface area (Å²) < 4.78 is 0. The maximum absolute atomic E-state index is 5.92. The van der Waals surface area contributed by atoms with Crippen molar-refractivity contribution in [3.05, 3.63) is 46.1 Å². The standard InChI is InChI=1S/C12H16ClN/c1-4-10(3)14-8-11-7-12(13)6-5-9(11)2/h4-7,14H,8H2,1-3H3. The molecule has 2 heteroatoms. The molecule has 0 aliphatic carbocycles. The Morgan fingerprint density at radius 1 is 1.50 bits per heavy atom. The molecule has 1 nitrogen and oxygen atoms in total. The van der Waals surface area contributed by atoms with E-state index < -0.39 is 0 Å². The van der Waals surface area contributed by atoms with Gasteiger partial charge in [-0.15, -0.1) is 0 Å². The van der Waals surface area contributed by atoms with Crippen LogP contribution < -0.4 is 5.32 Å². The molecular weight excluding hydrogens is 194 g/mol. The van der Waals surface area contributed by atoms with E-state index in [9.17, 15) is 0 Å². The molecule has 0 radical (unpaired) electrons. The molecule has 1 aromatic carbocycles. The van der Waals surface area contributed by atoms with Gasteiger partial charge in [-0.1, -0.05) is 23.7 Å². The van der Waals surface area contributed by atoms with Gasteiger partial charge in [0.1, 0.15) is 0 Å². The molecule has 14 heavy (non-hydrogen) atoms. The van der Waals surface area contributed by atoms with E-state index in [-0.39, 0.29) is 0 Å². The number of benzene rings is 1. The smallest absolute Gasteiger partial charge is 0.0409 e. The van der Waals surface area contributed by atoms with Crippen LogP contribution in [0.15, 0.2) is 30.0 Å². The second-order valence-electron chi connectivity index (χ2n) is 3.40. The molecule has 0 aliphatic rings. The van der Waals surface area contributed by atoms with Crippen molar-refractivity contribution in [1.82, 2.24) is 5.32 Å². The van der Waals surface area contributed by atoms with E-state index in [1.165, 1.54) is 16.8 Å². The summed E-state index contributed by atoms with van der Waals surface area (Å²) in [6.07, 6.45) is 2.06. The third kappa shape index (κ3) is 3.08. The van der Waals surface area contributed by atoms with Crippen LogP contribution in [0, 0.1) is 6.92 Å². The number of nitrogens with one attached hydrogen (secondary N) is 1. The van der Waals surface area contributed by atoms with Gasteiger partial charge < -0.3 is 5.32 Å². The zero-order valence-electron chi connectivity index (χ0n) is 8.89. The molecule has 0 saturated heterocycles. The van der Waals surface area contributed by atoms with E-state index in [1.54, 1.807) is 0 Å². The lowest BCUT2D eigenvalue weighted by molar-refractivity contribution is 0.804. The molecule has 0 unspecified atom stereocenters. The summed E-state index contributed by atoms with van der Waals surface area (Å²) in [4.78, 5) is 0. The Morgan fingerprint density at radius 3 is 2.86 bits per heavy atom. The van der Waals surface area contributed by atoms with E-state index in [0.717, 1.165) is 11.6 Å². The zero-order chi connectivity index (χ0) is 10.6. The first-order valence-corrected chi connectivity index (χ1v) is 5.13. The molecule has 0 amide bonds. The maximum Gasteiger partial charge on any atom is 0.0409 e. The highest BCUT2D eigenvalue weighted by Gasteiger charge is 1.98. The third-order valence-corrected chi connectivity index (χ3v) is 2.54. The first kappa shape index (κ1) is 11.1. The van der Waals surface area contributed by atoms with Crippen molar-refractivity contribution in [1.29, 1.82) is 0 Å². The van der Waals surface area contributed by atoms with Crippen LogP contribution in [0.3, 0.4) is 0 Å². The van der Waals surface area contributed by atoms with Gasteiger partial charge in [-0.25, -0.2) is 0 Å². The number of aryl methyl sites for hydroxylation is 1. The molecule has 0 spiro atoms. The number of halogens is 1. The molecule has 1 rings (SSSR count). The molecule has 0 atom stereocenters. The van der Waals surface area contributed by atoms with Crippen molar-refractivity contribution in [2.75, 3.05) is 0 Å². The number of allylic oxidation sites excluding steroid dienone is 2. The van der Waals surface area contributed by atoms with E-state index >= 15 is 0 Å². The van der Waals surface area contributed by atoms with E-state index in [1.807, 2.05) is 25.1 Å². The van der Waals surface area contributed by atoms with Gasteiger partial charge in [-0.05, 0) is 44.0 Å². The van der Waals surface area contributed by atoms with Crippen molar-refractivity contribution < 1.29 is 0 Å². The molecular formula is C12H16ClN. The van der Waals surface area contributed by atoms with E-state index in [4.69, 9.17) is 11.6 Å². The third-order valence-electron chi connectivity index (χ3n) is 2.30. The van der Waals surface area contributed by atoms with Crippen molar-refractivity contribution in [3.63, 3.8) is 0 Å². The Labute approximate surface area is 90.8 Å². The minimum atomic E-state index is 0.797. The summed E-state index contributed by atoms with van der Waals surface area (Å²) in [7, 11) is 0. The highest BCUT2D eigenvalue weighted by molar-refractivity contribution is 6.30. The number of hydrogen-bond acceptors (Lipinski definition) is 1. The fourth-order valence-corrected chi connectivity index (χ4v) is 1.36. The Balaban J connectivity index is 2.71. The predicted octanol–water partition coefficient (Wildman–Crippen LogP) is 3.66. The summed E-state index contributed by atoms with van der Waals surface area (Å²) in [6.45, 7) is 7.01. The molecule has 0 heterocycles. The molecule has 0 saturated carbocycles. The van der Waals surface area contributed by atoms with Crippen molar-refractivity contribution in [2.24, 2.45) is 0 Å². The van der Waals surface area contributed by atoms with Crippen molar-refractivity contribution >= 4 is 11.6 Å². The predicted molar refractivity (Wildman–Crippen MR) is 62.5 cm³/mol. The van der Waals surface area contributed by atoms with Crippen LogP contribution >= 0.6 is 11.6 Å². The van der Waals surface area contributed by atoms with E-state index in [0.29, 0.717) is 0 Å². The zero-order valence-corrected chi connectivity index (χ0v) is 9.65. The average Bonchev–Trinajstić information content (AvgIpc) is 2.19. The normalized spacial score (nSPS) is 11.6. The molecule has 76 valence electrons. The maximum atomic E-state index is 5.92. The quantitative estimate of drug-likeness (QED) is 0.801. The highest BCUT2D eigenvalue weighted by Crippen LogP contribution is 2.15. The minimum Gasteiger partial charge on any atom is -0.385 e. The first-order chi connectivity index (χ1) is 6.63. The highest BCUT2D eigenvalue weighted by atomic mass is 35.5. The van der Waals surface area contributed by atoms with Crippen LogP contribution in [0.4, 0.5) is 0 Å². The second kappa shape index (κ2) is 5.06. The van der Waals surface area contributed by atoms with Gasteiger partial charge >= 0.3 is 0 Å². The van der Waals surface area contributed by atoms with Gasteiger partial charge in [0.25, 0.3) is 0 Å². The largest absolute Gasteiger partial charge is 0.385 e. The monoisotopic (exact) mass is 209 g/mol. The molecule has 1 N–H and O–H groups in total. The van der Waals surface area contributed by atoms with Gasteiger partial charge in [-0.3, -0.25) is 0 Å². The van der Waals surface area contributed by atoms with Crippen LogP contribution in [0.2, 0.25) is 5.02 Å². The summed E-state index contributed by atoms with van der Waals surface area (Å²) in [5, 5.41) is 4.12.